The van der Waals surface area contributed by atoms with Gasteiger partial charge < -0.3 is 10.0 Å². The number of nitrogens with zero attached hydrogens (tertiary/aromatic N) is 1. The fourth-order valence-corrected chi connectivity index (χ4v) is 3.15. The minimum Gasteiger partial charge on any atom is -0.396 e. The molecule has 2 rings (SSSR count). The van der Waals surface area contributed by atoms with Gasteiger partial charge in [0.1, 0.15) is 0 Å². The molecule has 1 saturated carbocycles. The van der Waals surface area contributed by atoms with Crippen LogP contribution in [0.1, 0.15) is 32.6 Å². The molecule has 14 heavy (non-hydrogen) atoms. The summed E-state index contributed by atoms with van der Waals surface area (Å²) in [5.41, 5.74) is 0. The van der Waals surface area contributed by atoms with Crippen molar-refractivity contribution in [3.8, 4) is 0 Å². The lowest BCUT2D eigenvalue weighted by atomic mass is 9.82. The molecule has 0 bridgehead atoms. The fourth-order valence-electron chi connectivity index (χ4n) is 3.15. The Morgan fingerprint density at radius 3 is 2.29 bits per heavy atom. The lowest BCUT2D eigenvalue weighted by molar-refractivity contribution is 0.187. The highest BCUT2D eigenvalue weighted by molar-refractivity contribution is 4.87. The first-order valence-electron chi connectivity index (χ1n) is 6.13. The third kappa shape index (κ3) is 2.29. The molecule has 1 aliphatic carbocycles. The van der Waals surface area contributed by atoms with E-state index in [-0.39, 0.29) is 0 Å². The third-order valence-electron chi connectivity index (χ3n) is 3.93. The minimum atomic E-state index is 0.339. The van der Waals surface area contributed by atoms with Crippen LogP contribution >= 0.6 is 0 Å². The molecule has 2 fully saturated rings. The number of likely N-dealkylation sites (tertiary alicyclic amines) is 1. The van der Waals surface area contributed by atoms with Crippen molar-refractivity contribution in [1.82, 2.24) is 4.90 Å². The molecule has 0 amide bonds. The second-order valence-electron chi connectivity index (χ2n) is 5.31. The Labute approximate surface area is 87.3 Å². The Kier molecular flexibility index (Phi) is 3.45. The third-order valence-corrected chi connectivity index (χ3v) is 3.93. The van der Waals surface area contributed by atoms with Crippen molar-refractivity contribution in [2.75, 3.05) is 26.2 Å². The monoisotopic (exact) mass is 197 g/mol. The van der Waals surface area contributed by atoms with Crippen LogP contribution < -0.4 is 0 Å². The maximum absolute atomic E-state index is 9.03. The topological polar surface area (TPSA) is 23.5 Å². The number of hydrogen-bond donors (Lipinski definition) is 1. The Morgan fingerprint density at radius 2 is 1.79 bits per heavy atom. The highest BCUT2D eigenvalue weighted by Gasteiger charge is 2.34. The molecule has 2 aliphatic rings. The lowest BCUT2D eigenvalue weighted by Crippen LogP contribution is -2.28. The van der Waals surface area contributed by atoms with Crippen LogP contribution in [-0.4, -0.2) is 36.2 Å². The smallest absolute Gasteiger partial charge is 0.0468 e. The van der Waals surface area contributed by atoms with Crippen molar-refractivity contribution >= 4 is 0 Å². The van der Waals surface area contributed by atoms with E-state index in [1.807, 2.05) is 0 Å². The number of aliphatic hydroxyl groups is 1. The molecule has 0 aromatic rings. The van der Waals surface area contributed by atoms with Gasteiger partial charge in [0.25, 0.3) is 0 Å². The molecule has 1 heterocycles. The second-order valence-corrected chi connectivity index (χ2v) is 5.31. The molecule has 0 radical (unpaired) electrons. The summed E-state index contributed by atoms with van der Waals surface area (Å²) in [7, 11) is 0. The number of fused-ring (bicyclic) bond motifs is 1. The largest absolute Gasteiger partial charge is 0.396 e. The highest BCUT2D eigenvalue weighted by Crippen LogP contribution is 2.36. The Morgan fingerprint density at radius 1 is 1.21 bits per heavy atom. The van der Waals surface area contributed by atoms with Crippen LogP contribution in [0.5, 0.6) is 0 Å². The van der Waals surface area contributed by atoms with Crippen molar-refractivity contribution in [3.63, 3.8) is 0 Å². The molecule has 1 saturated heterocycles. The van der Waals surface area contributed by atoms with Crippen LogP contribution in [0, 0.1) is 17.8 Å². The predicted molar refractivity (Wildman–Crippen MR) is 58.1 cm³/mol. The van der Waals surface area contributed by atoms with E-state index in [2.05, 4.69) is 11.8 Å². The van der Waals surface area contributed by atoms with E-state index in [1.54, 1.807) is 0 Å². The molecule has 2 nitrogen and oxygen atoms in total. The maximum Gasteiger partial charge on any atom is 0.0468 e. The average molecular weight is 197 g/mol. The van der Waals surface area contributed by atoms with Gasteiger partial charge in [-0.05, 0) is 30.6 Å². The van der Waals surface area contributed by atoms with E-state index in [1.165, 1.54) is 38.8 Å². The van der Waals surface area contributed by atoms with Crippen LogP contribution in [0.2, 0.25) is 0 Å². The van der Waals surface area contributed by atoms with E-state index in [0.717, 1.165) is 18.4 Å². The Bertz CT molecular complexity index is 169. The predicted octanol–water partition coefficient (Wildman–Crippen LogP) is 1.74. The molecule has 82 valence electrons. The summed E-state index contributed by atoms with van der Waals surface area (Å²) in [5, 5.41) is 9.03. The van der Waals surface area contributed by atoms with Crippen LogP contribution in [0.25, 0.3) is 0 Å². The molecule has 2 heteroatoms. The van der Waals surface area contributed by atoms with Gasteiger partial charge in [-0.2, -0.15) is 0 Å². The Balaban J connectivity index is 1.80. The van der Waals surface area contributed by atoms with Crippen molar-refractivity contribution < 1.29 is 5.11 Å². The second kappa shape index (κ2) is 4.63. The van der Waals surface area contributed by atoms with Crippen molar-refractivity contribution in [3.05, 3.63) is 0 Å². The zero-order chi connectivity index (χ0) is 9.97. The summed E-state index contributed by atoms with van der Waals surface area (Å²) in [6.45, 7) is 6.18. The van der Waals surface area contributed by atoms with E-state index in [4.69, 9.17) is 5.11 Å². The summed E-state index contributed by atoms with van der Waals surface area (Å²) in [4.78, 5) is 2.57. The first kappa shape index (κ1) is 10.4. The van der Waals surface area contributed by atoms with Crippen molar-refractivity contribution in [2.24, 2.45) is 17.8 Å². The summed E-state index contributed by atoms with van der Waals surface area (Å²) in [6.07, 6.45) is 5.80. The van der Waals surface area contributed by atoms with Crippen LogP contribution in [0.4, 0.5) is 0 Å². The maximum atomic E-state index is 9.03. The van der Waals surface area contributed by atoms with Gasteiger partial charge in [-0.1, -0.05) is 19.8 Å². The van der Waals surface area contributed by atoms with Crippen molar-refractivity contribution in [1.29, 1.82) is 0 Å². The molecule has 1 N–H and O–H groups in total. The molecule has 3 atom stereocenters. The Hall–Kier alpha value is -0.0800. The van der Waals surface area contributed by atoms with Gasteiger partial charge in [0.05, 0.1) is 0 Å². The molecular weight excluding hydrogens is 174 g/mol. The van der Waals surface area contributed by atoms with Gasteiger partial charge in [-0.25, -0.2) is 0 Å². The van der Waals surface area contributed by atoms with Crippen LogP contribution in [0.15, 0.2) is 0 Å². The first-order chi connectivity index (χ1) is 6.79. The molecule has 0 aromatic carbocycles. The first-order valence-corrected chi connectivity index (χ1v) is 6.13. The lowest BCUT2D eigenvalue weighted by Gasteiger charge is -2.23. The fraction of sp³-hybridized carbons (Fsp3) is 1.00. The summed E-state index contributed by atoms with van der Waals surface area (Å²) < 4.78 is 0. The molecule has 0 spiro atoms. The number of aliphatic hydroxyl groups excluding tert-OH is 1. The van der Waals surface area contributed by atoms with Gasteiger partial charge >= 0.3 is 0 Å². The zero-order valence-electron chi connectivity index (χ0n) is 9.28. The van der Waals surface area contributed by atoms with E-state index >= 15 is 0 Å². The highest BCUT2D eigenvalue weighted by atomic mass is 16.3. The van der Waals surface area contributed by atoms with Gasteiger partial charge in [0.2, 0.25) is 0 Å². The minimum absolute atomic E-state index is 0.339. The summed E-state index contributed by atoms with van der Waals surface area (Å²) in [6, 6.07) is 0. The molecule has 1 aliphatic heterocycles. The van der Waals surface area contributed by atoms with E-state index in [9.17, 15) is 0 Å². The normalized spacial score (nSPS) is 35.6. The number of rotatable bonds is 3. The zero-order valence-corrected chi connectivity index (χ0v) is 9.28. The van der Waals surface area contributed by atoms with E-state index < -0.39 is 0 Å². The molecule has 0 aromatic heterocycles. The SMILES string of the molecule is CC(CO)CN1CC2CCCCC2C1. The quantitative estimate of drug-likeness (QED) is 0.745. The van der Waals surface area contributed by atoms with Gasteiger partial charge in [-0.15, -0.1) is 0 Å². The number of hydrogen-bond acceptors (Lipinski definition) is 2. The van der Waals surface area contributed by atoms with Crippen LogP contribution in [-0.2, 0) is 0 Å². The van der Waals surface area contributed by atoms with Gasteiger partial charge in [0, 0.05) is 26.2 Å². The van der Waals surface area contributed by atoms with Gasteiger partial charge in [-0.3, -0.25) is 0 Å². The summed E-state index contributed by atoms with van der Waals surface area (Å²) in [5.74, 6) is 2.42. The van der Waals surface area contributed by atoms with Crippen molar-refractivity contribution in [2.45, 2.75) is 32.6 Å². The standard InChI is InChI=1S/C12H23NO/c1-10(9-14)6-13-7-11-4-2-3-5-12(11)8-13/h10-12,14H,2-9H2,1H3. The van der Waals surface area contributed by atoms with Gasteiger partial charge in [0.15, 0.2) is 0 Å². The van der Waals surface area contributed by atoms with E-state index in [0.29, 0.717) is 12.5 Å². The average Bonchev–Trinajstić information content (AvgIpc) is 2.59. The summed E-state index contributed by atoms with van der Waals surface area (Å²) >= 11 is 0. The molecule has 3 unspecified atom stereocenters. The van der Waals surface area contributed by atoms with Crippen LogP contribution in [0.3, 0.4) is 0 Å². The molecular formula is C12H23NO.